The van der Waals surface area contributed by atoms with Gasteiger partial charge in [-0.2, -0.15) is 0 Å². The molecule has 0 radical (unpaired) electrons. The summed E-state index contributed by atoms with van der Waals surface area (Å²) < 4.78 is 1.66. The summed E-state index contributed by atoms with van der Waals surface area (Å²) in [5, 5.41) is 0.717. The van der Waals surface area contributed by atoms with E-state index in [1.807, 2.05) is 48.5 Å². The van der Waals surface area contributed by atoms with Crippen molar-refractivity contribution >= 4 is 40.3 Å². The monoisotopic (exact) mass is 331 g/mol. The number of halogens is 1. The van der Waals surface area contributed by atoms with Crippen molar-refractivity contribution in [3.8, 4) is 0 Å². The van der Waals surface area contributed by atoms with E-state index in [1.165, 1.54) is 0 Å². The van der Waals surface area contributed by atoms with Crippen LogP contribution >= 0.6 is 23.4 Å². The number of thioether (sulfide) groups is 1. The maximum absolute atomic E-state index is 12.0. The topological polar surface area (TPSA) is 46.9 Å². The number of imidazole rings is 1. The van der Waals surface area contributed by atoms with Crippen LogP contribution in [0, 0.1) is 0 Å². The summed E-state index contributed by atoms with van der Waals surface area (Å²) in [6, 6.07) is 15.3. The first-order valence-corrected chi connectivity index (χ1v) is 8.19. The van der Waals surface area contributed by atoms with Gasteiger partial charge in [0.2, 0.25) is 5.91 Å². The molecule has 0 unspecified atom stereocenters. The van der Waals surface area contributed by atoms with Crippen LogP contribution in [0.2, 0.25) is 5.02 Å². The van der Waals surface area contributed by atoms with Gasteiger partial charge in [-0.3, -0.25) is 10.2 Å². The lowest BCUT2D eigenvalue weighted by molar-refractivity contribution is -0.116. The summed E-state index contributed by atoms with van der Waals surface area (Å²) >= 11 is 7.47. The quantitative estimate of drug-likeness (QED) is 0.720. The summed E-state index contributed by atoms with van der Waals surface area (Å²) in [6.07, 6.45) is 2.05. The van der Waals surface area contributed by atoms with Crippen LogP contribution in [0.1, 0.15) is 6.42 Å². The van der Waals surface area contributed by atoms with Crippen molar-refractivity contribution in [2.24, 2.45) is 0 Å². The first-order chi connectivity index (χ1) is 10.7. The normalized spacial score (nSPS) is 10.8. The van der Waals surface area contributed by atoms with Crippen LogP contribution in [0.3, 0.4) is 0 Å². The molecular weight excluding hydrogens is 318 g/mol. The fraction of sp³-hybridized carbons (Fsp3) is 0.125. The molecule has 3 rings (SSSR count). The van der Waals surface area contributed by atoms with Gasteiger partial charge < -0.3 is 0 Å². The van der Waals surface area contributed by atoms with Gasteiger partial charge in [-0.1, -0.05) is 23.7 Å². The van der Waals surface area contributed by atoms with Gasteiger partial charge in [-0.25, -0.2) is 9.66 Å². The molecule has 0 aliphatic carbocycles. The minimum Gasteiger partial charge on any atom is -0.273 e. The fourth-order valence-electron chi connectivity index (χ4n) is 2.03. The van der Waals surface area contributed by atoms with E-state index < -0.39 is 0 Å². The third kappa shape index (κ3) is 3.61. The second kappa shape index (κ2) is 6.85. The molecule has 0 spiro atoms. The highest BCUT2D eigenvalue weighted by Gasteiger charge is 2.06. The van der Waals surface area contributed by atoms with Crippen LogP contribution in [-0.2, 0) is 4.79 Å². The first kappa shape index (κ1) is 14.9. The van der Waals surface area contributed by atoms with Gasteiger partial charge in [0.15, 0.2) is 0 Å². The zero-order chi connectivity index (χ0) is 15.4. The SMILES string of the molecule is O=C(CCSc1ccc(Cl)cc1)Nn1cnc2ccccc21. The van der Waals surface area contributed by atoms with E-state index in [0.717, 1.165) is 15.9 Å². The molecule has 1 aromatic heterocycles. The number of benzene rings is 2. The van der Waals surface area contributed by atoms with Crippen molar-refractivity contribution in [2.45, 2.75) is 11.3 Å². The lowest BCUT2D eigenvalue weighted by atomic mass is 10.3. The maximum atomic E-state index is 12.0. The molecule has 1 N–H and O–H groups in total. The third-order valence-corrected chi connectivity index (χ3v) is 4.38. The maximum Gasteiger partial charge on any atom is 0.239 e. The van der Waals surface area contributed by atoms with Gasteiger partial charge in [-0.15, -0.1) is 11.8 Å². The Balaban J connectivity index is 1.53. The highest BCUT2D eigenvalue weighted by atomic mass is 35.5. The molecule has 0 bridgehead atoms. The predicted octanol–water partition coefficient (Wildman–Crippen LogP) is 3.94. The predicted molar refractivity (Wildman–Crippen MR) is 90.9 cm³/mol. The van der Waals surface area contributed by atoms with Crippen molar-refractivity contribution in [3.05, 3.63) is 59.9 Å². The molecule has 4 nitrogen and oxygen atoms in total. The molecule has 1 heterocycles. The zero-order valence-electron chi connectivity index (χ0n) is 11.7. The summed E-state index contributed by atoms with van der Waals surface area (Å²) in [5.74, 6) is 0.671. The molecule has 3 aromatic rings. The number of amides is 1. The Kier molecular flexibility index (Phi) is 4.65. The van der Waals surface area contributed by atoms with Gasteiger partial charge in [0.1, 0.15) is 6.33 Å². The number of rotatable bonds is 5. The highest BCUT2D eigenvalue weighted by Crippen LogP contribution is 2.21. The molecule has 0 atom stereocenters. The molecular formula is C16H14ClN3OS. The number of fused-ring (bicyclic) bond motifs is 1. The average Bonchev–Trinajstić information content (AvgIpc) is 2.93. The van der Waals surface area contributed by atoms with Gasteiger partial charge in [0.25, 0.3) is 0 Å². The average molecular weight is 332 g/mol. The van der Waals surface area contributed by atoms with E-state index in [2.05, 4.69) is 10.4 Å². The van der Waals surface area contributed by atoms with Crippen molar-refractivity contribution in [1.29, 1.82) is 0 Å². The van der Waals surface area contributed by atoms with Crippen molar-refractivity contribution < 1.29 is 4.79 Å². The van der Waals surface area contributed by atoms with E-state index in [4.69, 9.17) is 11.6 Å². The third-order valence-electron chi connectivity index (χ3n) is 3.11. The highest BCUT2D eigenvalue weighted by molar-refractivity contribution is 7.99. The molecule has 1 amide bonds. The van der Waals surface area contributed by atoms with E-state index in [0.29, 0.717) is 17.2 Å². The molecule has 6 heteroatoms. The summed E-state index contributed by atoms with van der Waals surface area (Å²) in [5.41, 5.74) is 4.59. The zero-order valence-corrected chi connectivity index (χ0v) is 13.3. The standard InChI is InChI=1S/C16H14ClN3OS/c17-12-5-7-13(8-6-12)22-10-9-16(21)19-20-11-18-14-3-1-2-4-15(14)20/h1-8,11H,9-10H2,(H,19,21). The van der Waals surface area contributed by atoms with Crippen LogP contribution in [0.15, 0.2) is 59.8 Å². The lowest BCUT2D eigenvalue weighted by Gasteiger charge is -2.07. The number of hydrogen-bond donors (Lipinski definition) is 1. The Morgan fingerprint density at radius 3 is 2.77 bits per heavy atom. The molecule has 0 fully saturated rings. The molecule has 2 aromatic carbocycles. The number of para-hydroxylation sites is 2. The fourth-order valence-corrected chi connectivity index (χ4v) is 3.01. The molecule has 0 saturated carbocycles. The number of carbonyl (C=O) groups is 1. The Bertz CT molecular complexity index is 785. The van der Waals surface area contributed by atoms with Gasteiger partial charge >= 0.3 is 0 Å². The second-order valence-electron chi connectivity index (χ2n) is 4.69. The first-order valence-electron chi connectivity index (χ1n) is 6.83. The Hall–Kier alpha value is -1.98. The number of hydrogen-bond acceptors (Lipinski definition) is 3. The summed E-state index contributed by atoms with van der Waals surface area (Å²) in [7, 11) is 0. The van der Waals surface area contributed by atoms with Crippen LogP contribution in [0.25, 0.3) is 11.0 Å². The molecule has 0 aliphatic rings. The van der Waals surface area contributed by atoms with Crippen LogP contribution in [-0.4, -0.2) is 21.3 Å². The smallest absolute Gasteiger partial charge is 0.239 e. The number of nitrogens with one attached hydrogen (secondary N) is 1. The summed E-state index contributed by atoms with van der Waals surface area (Å²) in [4.78, 5) is 17.3. The Morgan fingerprint density at radius 2 is 1.95 bits per heavy atom. The van der Waals surface area contributed by atoms with E-state index in [9.17, 15) is 4.79 Å². The Morgan fingerprint density at radius 1 is 1.18 bits per heavy atom. The second-order valence-corrected chi connectivity index (χ2v) is 6.30. The van der Waals surface area contributed by atoms with Crippen LogP contribution in [0.5, 0.6) is 0 Å². The molecule has 22 heavy (non-hydrogen) atoms. The Labute approximate surface area is 137 Å². The molecule has 0 aliphatic heterocycles. The minimum atomic E-state index is -0.0374. The van der Waals surface area contributed by atoms with E-state index >= 15 is 0 Å². The minimum absolute atomic E-state index is 0.0374. The van der Waals surface area contributed by atoms with Gasteiger partial charge in [0, 0.05) is 22.1 Å². The lowest BCUT2D eigenvalue weighted by Crippen LogP contribution is -2.22. The number of carbonyl (C=O) groups excluding carboxylic acids is 1. The summed E-state index contributed by atoms with van der Waals surface area (Å²) in [6.45, 7) is 0. The number of nitrogens with zero attached hydrogens (tertiary/aromatic N) is 2. The largest absolute Gasteiger partial charge is 0.273 e. The van der Waals surface area contributed by atoms with Gasteiger partial charge in [0.05, 0.1) is 11.0 Å². The van der Waals surface area contributed by atoms with Gasteiger partial charge in [-0.05, 0) is 36.4 Å². The van der Waals surface area contributed by atoms with E-state index in [1.54, 1.807) is 22.8 Å². The number of aromatic nitrogens is 2. The molecule has 112 valence electrons. The van der Waals surface area contributed by atoms with Crippen molar-refractivity contribution in [3.63, 3.8) is 0 Å². The van der Waals surface area contributed by atoms with Crippen LogP contribution < -0.4 is 5.43 Å². The van der Waals surface area contributed by atoms with E-state index in [-0.39, 0.29) is 5.91 Å². The molecule has 0 saturated heterocycles. The van der Waals surface area contributed by atoms with Crippen molar-refractivity contribution in [2.75, 3.05) is 11.2 Å². The van der Waals surface area contributed by atoms with Crippen LogP contribution in [0.4, 0.5) is 0 Å². The van der Waals surface area contributed by atoms with Crippen molar-refractivity contribution in [1.82, 2.24) is 9.66 Å².